The summed E-state index contributed by atoms with van der Waals surface area (Å²) < 4.78 is 5.28. The molecule has 0 aliphatic rings. The van der Waals surface area contributed by atoms with E-state index in [1.807, 2.05) is 30.3 Å². The third-order valence-corrected chi connectivity index (χ3v) is 4.06. The number of carbonyl (C=O) groups excluding carboxylic acids is 1. The van der Waals surface area contributed by atoms with Crippen molar-refractivity contribution in [2.75, 3.05) is 24.3 Å². The second kappa shape index (κ2) is 9.01. The molecule has 1 heterocycles. The van der Waals surface area contributed by atoms with Gasteiger partial charge >= 0.3 is 0 Å². The number of amides is 1. The van der Waals surface area contributed by atoms with Crippen LogP contribution in [0, 0.1) is 0 Å². The topological polar surface area (TPSA) is 76.1 Å². The number of rotatable bonds is 7. The van der Waals surface area contributed by atoms with Crippen molar-refractivity contribution in [3.8, 4) is 17.1 Å². The Morgan fingerprint density at radius 1 is 1.18 bits per heavy atom. The molecule has 142 valence electrons. The average molecular weight is 395 g/mol. The summed E-state index contributed by atoms with van der Waals surface area (Å²) in [6.45, 7) is 4.19. The fourth-order valence-electron chi connectivity index (χ4n) is 2.51. The molecule has 28 heavy (non-hydrogen) atoms. The van der Waals surface area contributed by atoms with Crippen molar-refractivity contribution < 1.29 is 9.53 Å². The molecule has 0 spiro atoms. The van der Waals surface area contributed by atoms with E-state index < -0.39 is 5.91 Å². The summed E-state index contributed by atoms with van der Waals surface area (Å²) in [4.78, 5) is 21.8. The number of nitrogens with one attached hydrogen (secondary N) is 2. The van der Waals surface area contributed by atoms with Gasteiger partial charge in [-0.05, 0) is 18.2 Å². The molecule has 0 saturated heterocycles. The van der Waals surface area contributed by atoms with Crippen LogP contribution in [-0.2, 0) is 0 Å². The molecular weight excluding hydrogens is 376 g/mol. The Kier molecular flexibility index (Phi) is 6.24. The second-order valence-electron chi connectivity index (χ2n) is 5.80. The molecule has 2 N–H and O–H groups in total. The molecule has 0 atom stereocenters. The summed E-state index contributed by atoms with van der Waals surface area (Å²) in [6, 6.07) is 16.0. The van der Waals surface area contributed by atoms with E-state index in [0.29, 0.717) is 34.6 Å². The number of ether oxygens (including phenoxy) is 1. The van der Waals surface area contributed by atoms with Crippen LogP contribution in [0.25, 0.3) is 11.4 Å². The minimum absolute atomic E-state index is 0.211. The zero-order valence-electron chi connectivity index (χ0n) is 15.3. The Morgan fingerprint density at radius 3 is 2.68 bits per heavy atom. The normalized spacial score (nSPS) is 10.2. The standard InChI is InChI=1S/C21H19ClN4O2/c1-3-11-23-19-13-17(24-20(26-19)14-7-5-4-6-8-14)21(27)25-16-12-15(22)9-10-18(16)28-2/h3-10,12-13H,1,11H2,2H3,(H,25,27)(H,23,24,26). The van der Waals surface area contributed by atoms with Crippen molar-refractivity contribution in [2.45, 2.75) is 0 Å². The quantitative estimate of drug-likeness (QED) is 0.570. The van der Waals surface area contributed by atoms with Crippen LogP contribution >= 0.6 is 11.6 Å². The SMILES string of the molecule is C=CCNc1cc(C(=O)Nc2cc(Cl)ccc2OC)nc(-c2ccccc2)n1. The number of methoxy groups -OCH3 is 1. The molecule has 1 aromatic heterocycles. The van der Waals surface area contributed by atoms with Crippen molar-refractivity contribution in [3.05, 3.63) is 78.0 Å². The minimum Gasteiger partial charge on any atom is -0.495 e. The van der Waals surface area contributed by atoms with Crippen LogP contribution in [0.5, 0.6) is 5.75 Å². The Balaban J connectivity index is 1.96. The first-order chi connectivity index (χ1) is 13.6. The number of carbonyl (C=O) groups is 1. The van der Waals surface area contributed by atoms with E-state index in [9.17, 15) is 4.79 Å². The number of anilines is 2. The molecular formula is C21H19ClN4O2. The minimum atomic E-state index is -0.401. The van der Waals surface area contributed by atoms with E-state index >= 15 is 0 Å². The van der Waals surface area contributed by atoms with Crippen molar-refractivity contribution in [3.63, 3.8) is 0 Å². The molecule has 7 heteroatoms. The van der Waals surface area contributed by atoms with Gasteiger partial charge < -0.3 is 15.4 Å². The molecule has 2 aromatic carbocycles. The maximum absolute atomic E-state index is 12.9. The first kappa shape index (κ1) is 19.4. The van der Waals surface area contributed by atoms with Crippen molar-refractivity contribution >= 4 is 29.0 Å². The predicted octanol–water partition coefficient (Wildman–Crippen LogP) is 4.66. The van der Waals surface area contributed by atoms with Crippen LogP contribution in [0.2, 0.25) is 5.02 Å². The Morgan fingerprint density at radius 2 is 1.96 bits per heavy atom. The van der Waals surface area contributed by atoms with Gasteiger partial charge in [-0.15, -0.1) is 6.58 Å². The molecule has 0 fully saturated rings. The zero-order chi connectivity index (χ0) is 19.9. The number of aromatic nitrogens is 2. The highest BCUT2D eigenvalue weighted by Crippen LogP contribution is 2.28. The van der Waals surface area contributed by atoms with Crippen LogP contribution in [0.3, 0.4) is 0 Å². The number of halogens is 1. The fourth-order valence-corrected chi connectivity index (χ4v) is 2.68. The summed E-state index contributed by atoms with van der Waals surface area (Å²) >= 11 is 6.04. The van der Waals surface area contributed by atoms with Gasteiger partial charge in [0.05, 0.1) is 12.8 Å². The van der Waals surface area contributed by atoms with Gasteiger partial charge in [0.15, 0.2) is 5.82 Å². The number of nitrogens with zero attached hydrogens (tertiary/aromatic N) is 2. The summed E-state index contributed by atoms with van der Waals surface area (Å²) in [5, 5.41) is 6.38. The largest absolute Gasteiger partial charge is 0.495 e. The van der Waals surface area contributed by atoms with Crippen molar-refractivity contribution in [1.82, 2.24) is 9.97 Å². The second-order valence-corrected chi connectivity index (χ2v) is 6.23. The van der Waals surface area contributed by atoms with Crippen LogP contribution in [0.1, 0.15) is 10.5 Å². The van der Waals surface area contributed by atoms with Gasteiger partial charge in [-0.1, -0.05) is 48.0 Å². The Hall–Kier alpha value is -3.38. The molecule has 0 aliphatic carbocycles. The van der Waals surface area contributed by atoms with E-state index in [2.05, 4.69) is 27.2 Å². The van der Waals surface area contributed by atoms with Crippen LogP contribution in [0.15, 0.2) is 67.3 Å². The molecule has 0 bridgehead atoms. The highest BCUT2D eigenvalue weighted by molar-refractivity contribution is 6.31. The predicted molar refractivity (Wildman–Crippen MR) is 112 cm³/mol. The van der Waals surface area contributed by atoms with E-state index in [4.69, 9.17) is 16.3 Å². The lowest BCUT2D eigenvalue weighted by Gasteiger charge is -2.12. The number of benzene rings is 2. The number of hydrogen-bond donors (Lipinski definition) is 2. The van der Waals surface area contributed by atoms with E-state index in [-0.39, 0.29) is 5.69 Å². The van der Waals surface area contributed by atoms with Crippen LogP contribution in [-0.4, -0.2) is 29.5 Å². The maximum atomic E-state index is 12.9. The highest BCUT2D eigenvalue weighted by atomic mass is 35.5. The molecule has 0 saturated carbocycles. The van der Waals surface area contributed by atoms with Crippen molar-refractivity contribution in [1.29, 1.82) is 0 Å². The molecule has 0 unspecified atom stereocenters. The van der Waals surface area contributed by atoms with Gasteiger partial charge in [0.2, 0.25) is 0 Å². The summed E-state index contributed by atoms with van der Waals surface area (Å²) in [5.41, 5.74) is 1.47. The lowest BCUT2D eigenvalue weighted by atomic mass is 10.2. The highest BCUT2D eigenvalue weighted by Gasteiger charge is 2.15. The Labute approximate surface area is 168 Å². The average Bonchev–Trinajstić information content (AvgIpc) is 2.73. The summed E-state index contributed by atoms with van der Waals surface area (Å²) in [7, 11) is 1.52. The van der Waals surface area contributed by atoms with Crippen molar-refractivity contribution in [2.24, 2.45) is 0 Å². The lowest BCUT2D eigenvalue weighted by molar-refractivity contribution is 0.102. The Bertz CT molecular complexity index is 993. The molecule has 1 amide bonds. The molecule has 6 nitrogen and oxygen atoms in total. The smallest absolute Gasteiger partial charge is 0.274 e. The molecule has 3 rings (SSSR count). The maximum Gasteiger partial charge on any atom is 0.274 e. The van der Waals surface area contributed by atoms with Gasteiger partial charge in [-0.2, -0.15) is 0 Å². The van der Waals surface area contributed by atoms with Gasteiger partial charge in [0, 0.05) is 23.2 Å². The summed E-state index contributed by atoms with van der Waals surface area (Å²) in [5.74, 6) is 1.07. The first-order valence-electron chi connectivity index (χ1n) is 8.55. The van der Waals surface area contributed by atoms with Gasteiger partial charge in [-0.3, -0.25) is 4.79 Å². The molecule has 0 aliphatic heterocycles. The van der Waals surface area contributed by atoms with E-state index in [1.54, 1.807) is 30.3 Å². The van der Waals surface area contributed by atoms with Gasteiger partial charge in [0.25, 0.3) is 5.91 Å². The third-order valence-electron chi connectivity index (χ3n) is 3.83. The lowest BCUT2D eigenvalue weighted by Crippen LogP contribution is -2.16. The molecule has 3 aromatic rings. The first-order valence-corrected chi connectivity index (χ1v) is 8.92. The van der Waals surface area contributed by atoms with Gasteiger partial charge in [-0.25, -0.2) is 9.97 Å². The van der Waals surface area contributed by atoms with E-state index in [0.717, 1.165) is 5.56 Å². The van der Waals surface area contributed by atoms with E-state index in [1.165, 1.54) is 7.11 Å². The summed E-state index contributed by atoms with van der Waals surface area (Å²) in [6.07, 6.45) is 1.71. The third kappa shape index (κ3) is 4.66. The van der Waals surface area contributed by atoms with Gasteiger partial charge in [0.1, 0.15) is 17.3 Å². The van der Waals surface area contributed by atoms with Crippen LogP contribution < -0.4 is 15.4 Å². The zero-order valence-corrected chi connectivity index (χ0v) is 16.0. The molecule has 0 radical (unpaired) electrons. The van der Waals surface area contributed by atoms with Crippen LogP contribution in [0.4, 0.5) is 11.5 Å². The number of hydrogen-bond acceptors (Lipinski definition) is 5. The monoisotopic (exact) mass is 394 g/mol. The fraction of sp³-hybridized carbons (Fsp3) is 0.0952.